The zero-order valence-corrected chi connectivity index (χ0v) is 11.9. The van der Waals surface area contributed by atoms with Crippen molar-refractivity contribution in [2.75, 3.05) is 0 Å². The molecule has 1 amide bonds. The molecule has 2 atom stereocenters. The van der Waals surface area contributed by atoms with Gasteiger partial charge in [-0.25, -0.2) is 0 Å². The van der Waals surface area contributed by atoms with Crippen molar-refractivity contribution in [2.45, 2.75) is 37.8 Å². The Morgan fingerprint density at radius 2 is 2.14 bits per heavy atom. The van der Waals surface area contributed by atoms with Gasteiger partial charge in [-0.2, -0.15) is 0 Å². The number of rotatable bonds is 3. The number of nitrogens with one attached hydrogen (secondary N) is 2. The molecule has 0 radical (unpaired) electrons. The Balaban J connectivity index is 1.87. The highest BCUT2D eigenvalue weighted by atomic mass is 16.6. The third kappa shape index (κ3) is 2.67. The first-order valence-electron chi connectivity index (χ1n) is 7.30. The van der Waals surface area contributed by atoms with Crippen molar-refractivity contribution < 1.29 is 14.8 Å². The Morgan fingerprint density at radius 1 is 1.36 bits per heavy atom. The smallest absolute Gasteiger partial charge is 0.270 e. The largest absolute Gasteiger partial charge is 0.391 e. The van der Waals surface area contributed by atoms with E-state index >= 15 is 0 Å². The molecule has 2 aromatic rings. The first kappa shape index (κ1) is 14.5. The van der Waals surface area contributed by atoms with Crippen LogP contribution >= 0.6 is 0 Å². The molecule has 3 N–H and O–H groups in total. The summed E-state index contributed by atoms with van der Waals surface area (Å²) in [6, 6.07) is 4.10. The maximum Gasteiger partial charge on any atom is 0.270 e. The zero-order chi connectivity index (χ0) is 15.7. The number of nitro groups is 1. The van der Waals surface area contributed by atoms with Crippen LogP contribution in [0.25, 0.3) is 10.9 Å². The Kier molecular flexibility index (Phi) is 3.81. The van der Waals surface area contributed by atoms with Crippen LogP contribution in [0.3, 0.4) is 0 Å². The van der Waals surface area contributed by atoms with Crippen molar-refractivity contribution in [1.82, 2.24) is 10.3 Å². The molecule has 1 aliphatic rings. The van der Waals surface area contributed by atoms with Crippen LogP contribution in [0, 0.1) is 10.1 Å². The quantitative estimate of drug-likeness (QED) is 0.596. The van der Waals surface area contributed by atoms with Gasteiger partial charge in [-0.15, -0.1) is 0 Å². The van der Waals surface area contributed by atoms with Gasteiger partial charge in [0.1, 0.15) is 0 Å². The van der Waals surface area contributed by atoms with Crippen LogP contribution in [-0.2, 0) is 0 Å². The van der Waals surface area contributed by atoms with Gasteiger partial charge in [-0.1, -0.05) is 12.8 Å². The molecule has 1 fully saturated rings. The second kappa shape index (κ2) is 5.76. The van der Waals surface area contributed by atoms with Gasteiger partial charge in [-0.05, 0) is 18.9 Å². The number of H-pyrrole nitrogens is 1. The lowest BCUT2D eigenvalue weighted by atomic mass is 9.92. The van der Waals surface area contributed by atoms with Crippen LogP contribution in [0.4, 0.5) is 5.69 Å². The molecular formula is C15H17N3O4. The number of fused-ring (bicyclic) bond motifs is 1. The minimum absolute atomic E-state index is 0.0566. The summed E-state index contributed by atoms with van der Waals surface area (Å²) in [6.07, 6.45) is 4.38. The van der Waals surface area contributed by atoms with Crippen LogP contribution < -0.4 is 5.32 Å². The number of non-ortho nitro benzene ring substituents is 1. The minimum atomic E-state index is -0.530. The van der Waals surface area contributed by atoms with Gasteiger partial charge in [0.2, 0.25) is 0 Å². The second-order valence-corrected chi connectivity index (χ2v) is 5.62. The molecule has 7 nitrogen and oxygen atoms in total. The molecule has 0 bridgehead atoms. The Hall–Kier alpha value is -2.41. The number of amides is 1. The maximum absolute atomic E-state index is 12.4. The maximum atomic E-state index is 12.4. The monoisotopic (exact) mass is 303 g/mol. The number of aromatic nitrogens is 1. The van der Waals surface area contributed by atoms with Crippen LogP contribution in [0.2, 0.25) is 0 Å². The molecule has 1 aliphatic carbocycles. The summed E-state index contributed by atoms with van der Waals surface area (Å²) in [4.78, 5) is 25.7. The number of carbonyl (C=O) groups is 1. The van der Waals surface area contributed by atoms with Crippen LogP contribution in [0.15, 0.2) is 24.4 Å². The highest BCUT2D eigenvalue weighted by molar-refractivity contribution is 6.07. The first-order chi connectivity index (χ1) is 10.6. The summed E-state index contributed by atoms with van der Waals surface area (Å²) in [6.45, 7) is 0. The van der Waals surface area contributed by atoms with E-state index in [2.05, 4.69) is 10.3 Å². The summed E-state index contributed by atoms with van der Waals surface area (Å²) < 4.78 is 0. The van der Waals surface area contributed by atoms with E-state index < -0.39 is 11.0 Å². The van der Waals surface area contributed by atoms with E-state index in [0.29, 0.717) is 22.9 Å². The van der Waals surface area contributed by atoms with Crippen molar-refractivity contribution in [3.05, 3.63) is 40.1 Å². The van der Waals surface area contributed by atoms with Gasteiger partial charge in [0.25, 0.3) is 11.6 Å². The lowest BCUT2D eigenvalue weighted by molar-refractivity contribution is -0.384. The fourth-order valence-corrected chi connectivity index (χ4v) is 2.94. The van der Waals surface area contributed by atoms with E-state index in [-0.39, 0.29) is 17.6 Å². The van der Waals surface area contributed by atoms with E-state index in [1.807, 2.05) is 0 Å². The summed E-state index contributed by atoms with van der Waals surface area (Å²) in [5.74, 6) is -0.322. The van der Waals surface area contributed by atoms with Crippen LogP contribution in [0.1, 0.15) is 36.0 Å². The topological polar surface area (TPSA) is 108 Å². The average molecular weight is 303 g/mol. The predicted octanol–water partition coefficient (Wildman–Crippen LogP) is 2.11. The molecule has 1 saturated carbocycles. The van der Waals surface area contributed by atoms with Gasteiger partial charge in [-0.3, -0.25) is 14.9 Å². The van der Waals surface area contributed by atoms with Crippen molar-refractivity contribution in [2.24, 2.45) is 0 Å². The fraction of sp³-hybridized carbons (Fsp3) is 0.400. The van der Waals surface area contributed by atoms with E-state index in [1.54, 1.807) is 12.3 Å². The van der Waals surface area contributed by atoms with E-state index in [9.17, 15) is 20.0 Å². The highest BCUT2D eigenvalue weighted by Crippen LogP contribution is 2.24. The number of nitrogens with zero attached hydrogens (tertiary/aromatic N) is 1. The van der Waals surface area contributed by atoms with Gasteiger partial charge < -0.3 is 15.4 Å². The molecule has 116 valence electrons. The standard InChI is InChI=1S/C15H17N3O4/c19-14-4-2-1-3-13(14)17-15(20)11-8-16-12-6-5-9(18(21)22)7-10(11)12/h5-8,13-14,16,19H,1-4H2,(H,17,20). The van der Waals surface area contributed by atoms with Crippen molar-refractivity contribution in [3.63, 3.8) is 0 Å². The highest BCUT2D eigenvalue weighted by Gasteiger charge is 2.26. The molecule has 7 heteroatoms. The summed E-state index contributed by atoms with van der Waals surface area (Å²) >= 11 is 0. The predicted molar refractivity (Wildman–Crippen MR) is 80.7 cm³/mol. The molecule has 0 spiro atoms. The van der Waals surface area contributed by atoms with Crippen molar-refractivity contribution in [3.8, 4) is 0 Å². The summed E-state index contributed by atoms with van der Waals surface area (Å²) in [7, 11) is 0. The number of aliphatic hydroxyl groups is 1. The molecule has 0 aliphatic heterocycles. The van der Waals surface area contributed by atoms with Gasteiger partial charge in [0, 0.05) is 29.2 Å². The number of aromatic amines is 1. The van der Waals surface area contributed by atoms with Gasteiger partial charge in [0.15, 0.2) is 0 Å². The lowest BCUT2D eigenvalue weighted by Crippen LogP contribution is -2.45. The van der Waals surface area contributed by atoms with E-state index in [4.69, 9.17) is 0 Å². The molecule has 3 rings (SSSR count). The number of benzene rings is 1. The minimum Gasteiger partial charge on any atom is -0.391 e. The number of carbonyl (C=O) groups excluding carboxylic acids is 1. The Bertz CT molecular complexity index is 725. The number of aliphatic hydroxyl groups excluding tert-OH is 1. The van der Waals surface area contributed by atoms with E-state index in [0.717, 1.165) is 19.3 Å². The lowest BCUT2D eigenvalue weighted by Gasteiger charge is -2.28. The molecule has 1 aromatic heterocycles. The van der Waals surface area contributed by atoms with Crippen LogP contribution in [0.5, 0.6) is 0 Å². The third-order valence-electron chi connectivity index (χ3n) is 4.17. The zero-order valence-electron chi connectivity index (χ0n) is 11.9. The normalized spacial score (nSPS) is 21.7. The van der Waals surface area contributed by atoms with Crippen LogP contribution in [-0.4, -0.2) is 33.1 Å². The van der Waals surface area contributed by atoms with Crippen molar-refractivity contribution in [1.29, 1.82) is 0 Å². The number of hydrogen-bond acceptors (Lipinski definition) is 4. The van der Waals surface area contributed by atoms with E-state index in [1.165, 1.54) is 12.1 Å². The molecular weight excluding hydrogens is 286 g/mol. The average Bonchev–Trinajstić information content (AvgIpc) is 2.92. The number of hydrogen-bond donors (Lipinski definition) is 3. The fourth-order valence-electron chi connectivity index (χ4n) is 2.94. The van der Waals surface area contributed by atoms with Crippen molar-refractivity contribution >= 4 is 22.5 Å². The molecule has 1 heterocycles. The molecule has 2 unspecified atom stereocenters. The molecule has 1 aromatic carbocycles. The second-order valence-electron chi connectivity index (χ2n) is 5.62. The summed E-state index contributed by atoms with van der Waals surface area (Å²) in [5, 5.41) is 24.1. The Labute approximate surface area is 126 Å². The SMILES string of the molecule is O=C(NC1CCCCC1O)c1c[nH]c2ccc([N+](=O)[O-])cc12. The third-order valence-corrected chi connectivity index (χ3v) is 4.17. The number of nitro benzene ring substituents is 1. The first-order valence-corrected chi connectivity index (χ1v) is 7.30. The molecule has 0 saturated heterocycles. The Morgan fingerprint density at radius 3 is 2.86 bits per heavy atom. The molecule has 22 heavy (non-hydrogen) atoms. The summed E-state index contributed by atoms with van der Waals surface area (Å²) in [5.41, 5.74) is 0.968. The van der Waals surface area contributed by atoms with Gasteiger partial charge in [0.05, 0.1) is 22.6 Å². The van der Waals surface area contributed by atoms with Gasteiger partial charge >= 0.3 is 0 Å².